The first-order valence-corrected chi connectivity index (χ1v) is 6.51. The van der Waals surface area contributed by atoms with Crippen molar-refractivity contribution in [1.29, 1.82) is 0 Å². The maximum absolute atomic E-state index is 5.96. The molecular formula is C15H13BrClN2O-. The van der Waals surface area contributed by atoms with Crippen molar-refractivity contribution in [1.82, 2.24) is 9.38 Å². The van der Waals surface area contributed by atoms with Gasteiger partial charge in [-0.1, -0.05) is 11.6 Å². The van der Waals surface area contributed by atoms with Crippen LogP contribution in [0.2, 0.25) is 5.02 Å². The predicted octanol–water partition coefficient (Wildman–Crippen LogP) is 1.06. The quantitative estimate of drug-likeness (QED) is 0.705. The third-order valence-electron chi connectivity index (χ3n) is 2.88. The van der Waals surface area contributed by atoms with E-state index in [0.717, 1.165) is 22.7 Å². The van der Waals surface area contributed by atoms with Crippen LogP contribution in [0.5, 0.6) is 5.75 Å². The van der Waals surface area contributed by atoms with Crippen LogP contribution in [0.1, 0.15) is 6.92 Å². The Kier molecular flexibility index (Phi) is 4.68. The normalized spacial score (nSPS) is 10.3. The standard InChI is InChI=1S/C15H13ClN2O.BrH/c1-2-19-13-6-3-11(4-7-13)14-10-18-9-12(16)5-8-15(18)17-14;/h3-10H,2H2,1H3;1H/p-1. The number of imidazole rings is 1. The number of aromatic nitrogens is 2. The summed E-state index contributed by atoms with van der Waals surface area (Å²) in [7, 11) is 0. The third kappa shape index (κ3) is 2.97. The van der Waals surface area contributed by atoms with Gasteiger partial charge in [0.25, 0.3) is 0 Å². The van der Waals surface area contributed by atoms with E-state index in [0.29, 0.717) is 11.6 Å². The van der Waals surface area contributed by atoms with Crippen molar-refractivity contribution in [3.8, 4) is 17.0 Å². The Morgan fingerprint density at radius 2 is 1.85 bits per heavy atom. The Bertz CT molecular complexity index is 709. The Hall–Kier alpha value is -1.52. The monoisotopic (exact) mass is 351 g/mol. The number of benzene rings is 1. The van der Waals surface area contributed by atoms with Gasteiger partial charge in [0.1, 0.15) is 11.4 Å². The van der Waals surface area contributed by atoms with Crippen LogP contribution in [0.3, 0.4) is 0 Å². The van der Waals surface area contributed by atoms with Crippen LogP contribution in [0.4, 0.5) is 0 Å². The zero-order valence-electron chi connectivity index (χ0n) is 10.9. The van der Waals surface area contributed by atoms with Crippen molar-refractivity contribution in [3.05, 3.63) is 53.8 Å². The van der Waals surface area contributed by atoms with E-state index in [1.807, 2.05) is 60.1 Å². The second-order valence-electron chi connectivity index (χ2n) is 4.20. The summed E-state index contributed by atoms with van der Waals surface area (Å²) < 4.78 is 7.35. The Morgan fingerprint density at radius 1 is 1.10 bits per heavy atom. The fraction of sp³-hybridized carbons (Fsp3) is 0.133. The molecule has 3 nitrogen and oxygen atoms in total. The number of ether oxygens (including phenoxy) is 1. The van der Waals surface area contributed by atoms with E-state index in [2.05, 4.69) is 4.98 Å². The smallest absolute Gasteiger partial charge is 0.137 e. The molecule has 0 N–H and O–H groups in total. The topological polar surface area (TPSA) is 26.5 Å². The number of pyridine rings is 1. The van der Waals surface area contributed by atoms with Crippen LogP contribution in [-0.2, 0) is 0 Å². The number of fused-ring (bicyclic) bond motifs is 1. The number of hydrogen-bond acceptors (Lipinski definition) is 2. The maximum atomic E-state index is 5.96. The lowest BCUT2D eigenvalue weighted by Gasteiger charge is -2.02. The third-order valence-corrected chi connectivity index (χ3v) is 3.10. The summed E-state index contributed by atoms with van der Waals surface area (Å²) in [6.45, 7) is 2.64. The van der Waals surface area contributed by atoms with E-state index in [4.69, 9.17) is 16.3 Å². The minimum atomic E-state index is 0. The molecule has 0 spiro atoms. The molecule has 20 heavy (non-hydrogen) atoms. The molecule has 0 saturated carbocycles. The summed E-state index contributed by atoms with van der Waals surface area (Å²) in [5.41, 5.74) is 2.86. The first kappa shape index (κ1) is 14.9. The summed E-state index contributed by atoms with van der Waals surface area (Å²) in [6, 6.07) is 11.7. The lowest BCUT2D eigenvalue weighted by Crippen LogP contribution is -3.00. The summed E-state index contributed by atoms with van der Waals surface area (Å²) in [4.78, 5) is 4.56. The van der Waals surface area contributed by atoms with E-state index in [9.17, 15) is 0 Å². The van der Waals surface area contributed by atoms with Crippen molar-refractivity contribution in [2.75, 3.05) is 6.61 Å². The fourth-order valence-electron chi connectivity index (χ4n) is 1.99. The first-order valence-electron chi connectivity index (χ1n) is 6.14. The van der Waals surface area contributed by atoms with E-state index in [1.54, 1.807) is 0 Å². The molecule has 3 rings (SSSR count). The number of nitrogens with zero attached hydrogens (tertiary/aromatic N) is 2. The zero-order valence-corrected chi connectivity index (χ0v) is 13.2. The van der Waals surface area contributed by atoms with Crippen LogP contribution in [-0.4, -0.2) is 16.0 Å². The van der Waals surface area contributed by atoms with Gasteiger partial charge in [0.2, 0.25) is 0 Å². The average molecular weight is 353 g/mol. The molecule has 0 fully saturated rings. The summed E-state index contributed by atoms with van der Waals surface area (Å²) >= 11 is 5.96. The maximum Gasteiger partial charge on any atom is 0.137 e. The van der Waals surface area contributed by atoms with E-state index < -0.39 is 0 Å². The molecule has 5 heteroatoms. The van der Waals surface area contributed by atoms with Gasteiger partial charge in [0, 0.05) is 18.0 Å². The minimum absolute atomic E-state index is 0. The van der Waals surface area contributed by atoms with E-state index in [-0.39, 0.29) is 17.0 Å². The highest BCUT2D eigenvalue weighted by Gasteiger charge is 2.04. The second-order valence-corrected chi connectivity index (χ2v) is 4.63. The molecule has 0 unspecified atom stereocenters. The van der Waals surface area contributed by atoms with Gasteiger partial charge in [-0.2, -0.15) is 0 Å². The van der Waals surface area contributed by atoms with Gasteiger partial charge in [-0.15, -0.1) is 0 Å². The van der Waals surface area contributed by atoms with Crippen LogP contribution < -0.4 is 21.7 Å². The molecule has 3 aromatic rings. The second kappa shape index (κ2) is 6.29. The van der Waals surface area contributed by atoms with E-state index in [1.165, 1.54) is 0 Å². The van der Waals surface area contributed by atoms with Crippen LogP contribution in [0.15, 0.2) is 48.8 Å². The Labute approximate surface area is 132 Å². The lowest BCUT2D eigenvalue weighted by molar-refractivity contribution is -0.00000436. The zero-order chi connectivity index (χ0) is 13.2. The predicted molar refractivity (Wildman–Crippen MR) is 76.8 cm³/mol. The largest absolute Gasteiger partial charge is 1.00 e. The average Bonchev–Trinajstić information content (AvgIpc) is 2.83. The van der Waals surface area contributed by atoms with Crippen molar-refractivity contribution >= 4 is 17.2 Å². The number of hydrogen-bond donors (Lipinski definition) is 0. The molecule has 0 bridgehead atoms. The van der Waals surface area contributed by atoms with Crippen LogP contribution in [0.25, 0.3) is 16.9 Å². The molecule has 0 atom stereocenters. The van der Waals surface area contributed by atoms with Gasteiger partial charge >= 0.3 is 0 Å². The Morgan fingerprint density at radius 3 is 2.55 bits per heavy atom. The Balaban J connectivity index is 0.00000147. The van der Waals surface area contributed by atoms with Crippen molar-refractivity contribution in [3.63, 3.8) is 0 Å². The van der Waals surface area contributed by atoms with Gasteiger partial charge in [-0.05, 0) is 43.3 Å². The van der Waals surface area contributed by atoms with E-state index >= 15 is 0 Å². The number of rotatable bonds is 3. The van der Waals surface area contributed by atoms with Gasteiger partial charge in [0.05, 0.1) is 17.3 Å². The van der Waals surface area contributed by atoms with Crippen LogP contribution >= 0.6 is 11.6 Å². The molecule has 0 aliphatic heterocycles. The van der Waals surface area contributed by atoms with Crippen molar-refractivity contribution in [2.45, 2.75) is 6.92 Å². The molecule has 104 valence electrons. The van der Waals surface area contributed by atoms with Gasteiger partial charge in [-0.25, -0.2) is 4.98 Å². The van der Waals surface area contributed by atoms with Crippen molar-refractivity contribution in [2.24, 2.45) is 0 Å². The molecule has 0 radical (unpaired) electrons. The number of halogens is 2. The summed E-state index contributed by atoms with van der Waals surface area (Å²) in [5, 5.41) is 0.697. The van der Waals surface area contributed by atoms with Gasteiger partial charge in [0.15, 0.2) is 0 Å². The molecule has 0 aliphatic carbocycles. The molecule has 0 aliphatic rings. The van der Waals surface area contributed by atoms with Gasteiger partial charge < -0.3 is 26.1 Å². The van der Waals surface area contributed by atoms with Crippen molar-refractivity contribution < 1.29 is 21.7 Å². The molecule has 2 aromatic heterocycles. The molecular weight excluding hydrogens is 340 g/mol. The molecule has 1 aromatic carbocycles. The lowest BCUT2D eigenvalue weighted by atomic mass is 10.2. The van der Waals surface area contributed by atoms with Gasteiger partial charge in [-0.3, -0.25) is 0 Å². The first-order chi connectivity index (χ1) is 9.26. The minimum Gasteiger partial charge on any atom is -1.00 e. The highest BCUT2D eigenvalue weighted by atomic mass is 79.9. The molecule has 0 amide bonds. The summed E-state index contributed by atoms with van der Waals surface area (Å²) in [5.74, 6) is 0.873. The SMILES string of the molecule is CCOc1ccc(-c2cn3cc(Cl)ccc3n2)cc1.[Br-]. The highest BCUT2D eigenvalue weighted by Crippen LogP contribution is 2.23. The highest BCUT2D eigenvalue weighted by molar-refractivity contribution is 6.30. The molecule has 0 saturated heterocycles. The van der Waals surface area contributed by atoms with Crippen LogP contribution in [0, 0.1) is 0 Å². The fourth-order valence-corrected chi connectivity index (χ4v) is 2.16. The molecule has 2 heterocycles. The summed E-state index contributed by atoms with van der Waals surface area (Å²) in [6.07, 6.45) is 3.82.